The average Bonchev–Trinajstić information content (AvgIpc) is 2.48. The lowest BCUT2D eigenvalue weighted by Gasteiger charge is -2.09. The van der Waals surface area contributed by atoms with E-state index in [0.29, 0.717) is 13.0 Å². The number of nitrogens with one attached hydrogen (secondary N) is 2. The predicted molar refractivity (Wildman–Crippen MR) is 50.2 cm³/mol. The second kappa shape index (κ2) is 4.24. The Balaban J connectivity index is 2.46. The third kappa shape index (κ3) is 3.24. The number of esters is 1. The van der Waals surface area contributed by atoms with Gasteiger partial charge in [-0.15, -0.1) is 0 Å². The zero-order valence-electron chi connectivity index (χ0n) is 8.11. The summed E-state index contributed by atoms with van der Waals surface area (Å²) in [5, 5.41) is 2.88. The Morgan fingerprint density at radius 1 is 1.57 bits per heavy atom. The minimum atomic E-state index is -3.21. The van der Waals surface area contributed by atoms with Gasteiger partial charge in [-0.05, 0) is 6.42 Å². The van der Waals surface area contributed by atoms with Crippen LogP contribution in [0.5, 0.6) is 0 Å². The molecule has 2 atom stereocenters. The summed E-state index contributed by atoms with van der Waals surface area (Å²) < 4.78 is 28.7. The molecule has 0 bridgehead atoms. The Kier molecular flexibility index (Phi) is 3.46. The Morgan fingerprint density at radius 3 is 2.71 bits per heavy atom. The molecular formula is C7H14N2O4S. The molecule has 14 heavy (non-hydrogen) atoms. The van der Waals surface area contributed by atoms with Crippen LogP contribution in [0.25, 0.3) is 0 Å². The van der Waals surface area contributed by atoms with Gasteiger partial charge in [0.2, 0.25) is 10.0 Å². The van der Waals surface area contributed by atoms with Crippen LogP contribution in [0.4, 0.5) is 0 Å². The maximum Gasteiger partial charge on any atom is 0.322 e. The number of sulfonamides is 1. The molecule has 0 aromatic heterocycles. The number of hydrogen-bond donors (Lipinski definition) is 2. The maximum atomic E-state index is 11.1. The molecule has 0 aromatic carbocycles. The fourth-order valence-corrected chi connectivity index (χ4v) is 2.24. The van der Waals surface area contributed by atoms with E-state index in [2.05, 4.69) is 14.8 Å². The Labute approximate surface area is 83.1 Å². The van der Waals surface area contributed by atoms with Gasteiger partial charge in [0.05, 0.1) is 13.4 Å². The van der Waals surface area contributed by atoms with Crippen molar-refractivity contribution in [1.82, 2.24) is 10.0 Å². The van der Waals surface area contributed by atoms with Crippen molar-refractivity contribution in [3.8, 4) is 0 Å². The van der Waals surface area contributed by atoms with Crippen LogP contribution in [-0.2, 0) is 19.6 Å². The number of rotatable bonds is 3. The molecule has 0 amide bonds. The average molecular weight is 222 g/mol. The van der Waals surface area contributed by atoms with E-state index in [4.69, 9.17) is 0 Å². The number of carbonyl (C=O) groups excluding carboxylic acids is 1. The van der Waals surface area contributed by atoms with Gasteiger partial charge in [-0.3, -0.25) is 4.79 Å². The van der Waals surface area contributed by atoms with Crippen molar-refractivity contribution >= 4 is 16.0 Å². The van der Waals surface area contributed by atoms with E-state index >= 15 is 0 Å². The van der Waals surface area contributed by atoms with Crippen LogP contribution >= 0.6 is 0 Å². The van der Waals surface area contributed by atoms with Crippen LogP contribution < -0.4 is 10.0 Å². The Bertz CT molecular complexity index is 314. The van der Waals surface area contributed by atoms with E-state index in [0.717, 1.165) is 6.26 Å². The van der Waals surface area contributed by atoms with Gasteiger partial charge in [0.25, 0.3) is 0 Å². The fraction of sp³-hybridized carbons (Fsp3) is 0.857. The van der Waals surface area contributed by atoms with Gasteiger partial charge in [-0.2, -0.15) is 0 Å². The first-order chi connectivity index (χ1) is 6.42. The molecule has 1 rings (SSSR count). The van der Waals surface area contributed by atoms with E-state index in [1.165, 1.54) is 7.11 Å². The molecule has 1 aliphatic rings. The predicted octanol–water partition coefficient (Wildman–Crippen LogP) is -1.56. The summed E-state index contributed by atoms with van der Waals surface area (Å²) in [5.74, 6) is -0.359. The SMILES string of the molecule is COC(=O)[C@@H]1C[C@@H](NS(C)(=O)=O)CN1. The molecule has 6 nitrogen and oxygen atoms in total. The summed E-state index contributed by atoms with van der Waals surface area (Å²) in [6, 6.07) is -0.631. The number of carbonyl (C=O) groups is 1. The summed E-state index contributed by atoms with van der Waals surface area (Å²) in [6.07, 6.45) is 1.53. The lowest BCUT2D eigenvalue weighted by molar-refractivity contribution is -0.142. The lowest BCUT2D eigenvalue weighted by Crippen LogP contribution is -2.35. The van der Waals surface area contributed by atoms with Crippen LogP contribution in [0.2, 0.25) is 0 Å². The second-order valence-electron chi connectivity index (χ2n) is 3.31. The summed E-state index contributed by atoms with van der Waals surface area (Å²) in [4.78, 5) is 11.1. The topological polar surface area (TPSA) is 84.5 Å². The van der Waals surface area contributed by atoms with E-state index in [1.54, 1.807) is 0 Å². The van der Waals surface area contributed by atoms with Gasteiger partial charge in [0.15, 0.2) is 0 Å². The number of ether oxygens (including phenoxy) is 1. The molecule has 0 saturated carbocycles. The highest BCUT2D eigenvalue weighted by molar-refractivity contribution is 7.88. The summed E-state index contributed by atoms with van der Waals surface area (Å²) in [7, 11) is -1.90. The Hall–Kier alpha value is -0.660. The van der Waals surface area contributed by atoms with Gasteiger partial charge in [0, 0.05) is 12.6 Å². The maximum absolute atomic E-state index is 11.1. The van der Waals surface area contributed by atoms with Crippen LogP contribution in [-0.4, -0.2) is 46.4 Å². The summed E-state index contributed by atoms with van der Waals surface area (Å²) in [6.45, 7) is 0.451. The van der Waals surface area contributed by atoms with Crippen molar-refractivity contribution in [3.63, 3.8) is 0 Å². The smallest absolute Gasteiger partial charge is 0.322 e. The monoisotopic (exact) mass is 222 g/mol. The van der Waals surface area contributed by atoms with Gasteiger partial charge in [-0.1, -0.05) is 0 Å². The first-order valence-electron chi connectivity index (χ1n) is 4.21. The van der Waals surface area contributed by atoms with Crippen molar-refractivity contribution in [3.05, 3.63) is 0 Å². The highest BCUT2D eigenvalue weighted by Crippen LogP contribution is 2.08. The minimum Gasteiger partial charge on any atom is -0.468 e. The zero-order chi connectivity index (χ0) is 10.8. The van der Waals surface area contributed by atoms with E-state index in [1.807, 2.05) is 0 Å². The van der Waals surface area contributed by atoms with Crippen LogP contribution in [0.1, 0.15) is 6.42 Å². The number of hydrogen-bond acceptors (Lipinski definition) is 5. The van der Waals surface area contributed by atoms with Gasteiger partial charge < -0.3 is 10.1 Å². The molecule has 1 heterocycles. The third-order valence-corrected chi connectivity index (χ3v) is 2.76. The van der Waals surface area contributed by atoms with E-state index in [-0.39, 0.29) is 12.0 Å². The van der Waals surface area contributed by atoms with Crippen molar-refractivity contribution in [1.29, 1.82) is 0 Å². The third-order valence-electron chi connectivity index (χ3n) is 2.00. The molecule has 1 fully saturated rings. The lowest BCUT2D eigenvalue weighted by atomic mass is 10.2. The zero-order valence-corrected chi connectivity index (χ0v) is 8.93. The Morgan fingerprint density at radius 2 is 2.21 bits per heavy atom. The number of methoxy groups -OCH3 is 1. The van der Waals surface area contributed by atoms with Gasteiger partial charge in [0.1, 0.15) is 6.04 Å². The minimum absolute atomic E-state index is 0.228. The first kappa shape index (κ1) is 11.4. The van der Waals surface area contributed by atoms with Crippen molar-refractivity contribution in [2.24, 2.45) is 0 Å². The highest BCUT2D eigenvalue weighted by atomic mass is 32.2. The largest absolute Gasteiger partial charge is 0.468 e. The summed E-state index contributed by atoms with van der Waals surface area (Å²) >= 11 is 0. The van der Waals surface area contributed by atoms with Crippen molar-refractivity contribution < 1.29 is 17.9 Å². The molecule has 0 radical (unpaired) electrons. The van der Waals surface area contributed by atoms with Crippen LogP contribution in [0, 0.1) is 0 Å². The van der Waals surface area contributed by atoms with Crippen molar-refractivity contribution in [2.75, 3.05) is 19.9 Å². The van der Waals surface area contributed by atoms with E-state index < -0.39 is 16.1 Å². The van der Waals surface area contributed by atoms with E-state index in [9.17, 15) is 13.2 Å². The molecule has 1 aliphatic heterocycles. The second-order valence-corrected chi connectivity index (χ2v) is 5.09. The summed E-state index contributed by atoms with van der Waals surface area (Å²) in [5.41, 5.74) is 0. The molecule has 2 N–H and O–H groups in total. The van der Waals surface area contributed by atoms with Crippen LogP contribution in [0.3, 0.4) is 0 Å². The fourth-order valence-electron chi connectivity index (χ4n) is 1.45. The molecule has 0 unspecified atom stereocenters. The standard InChI is InChI=1S/C7H14N2O4S/c1-13-7(10)6-3-5(4-8-6)9-14(2,11)12/h5-6,8-9H,3-4H2,1-2H3/t5-,6+/m1/s1. The van der Waals surface area contributed by atoms with Gasteiger partial charge >= 0.3 is 5.97 Å². The molecule has 82 valence electrons. The quantitative estimate of drug-likeness (QED) is 0.564. The molecular weight excluding hydrogens is 208 g/mol. The molecule has 1 saturated heterocycles. The molecule has 0 spiro atoms. The molecule has 0 aromatic rings. The van der Waals surface area contributed by atoms with Gasteiger partial charge in [-0.25, -0.2) is 13.1 Å². The molecule has 7 heteroatoms. The normalized spacial score (nSPS) is 27.6. The van der Waals surface area contributed by atoms with Crippen molar-refractivity contribution in [2.45, 2.75) is 18.5 Å². The highest BCUT2D eigenvalue weighted by Gasteiger charge is 2.31. The first-order valence-corrected chi connectivity index (χ1v) is 6.10. The molecule has 0 aliphatic carbocycles. The van der Waals surface area contributed by atoms with Crippen LogP contribution in [0.15, 0.2) is 0 Å².